The van der Waals surface area contributed by atoms with E-state index in [-0.39, 0.29) is 18.7 Å². The van der Waals surface area contributed by atoms with Crippen LogP contribution in [-0.4, -0.2) is 30.2 Å². The van der Waals surface area contributed by atoms with E-state index in [2.05, 4.69) is 10.9 Å². The number of halogens is 1. The second kappa shape index (κ2) is 8.95. The fraction of sp³-hybridized carbons (Fsp3) is 0.190. The number of thiazole rings is 1. The lowest BCUT2D eigenvalue weighted by Crippen LogP contribution is -2.16. The van der Waals surface area contributed by atoms with Crippen LogP contribution < -0.4 is 9.54 Å². The van der Waals surface area contributed by atoms with E-state index >= 15 is 0 Å². The lowest BCUT2D eigenvalue weighted by molar-refractivity contribution is 0.0526. The molecule has 148 valence electrons. The van der Waals surface area contributed by atoms with Crippen molar-refractivity contribution in [2.45, 2.75) is 13.5 Å². The first-order chi connectivity index (χ1) is 14.0. The van der Waals surface area contributed by atoms with Crippen molar-refractivity contribution in [3.63, 3.8) is 0 Å². The third kappa shape index (κ3) is 4.34. The van der Waals surface area contributed by atoms with Crippen molar-refractivity contribution in [2.24, 2.45) is 4.99 Å². The third-order valence-electron chi connectivity index (χ3n) is 4.03. The molecule has 6 nitrogen and oxygen atoms in total. The average Bonchev–Trinajstić information content (AvgIpc) is 3.04. The number of hydrogen-bond acceptors (Lipinski definition) is 5. The Morgan fingerprint density at radius 1 is 1.28 bits per heavy atom. The number of esters is 1. The number of carbonyl (C=O) groups is 2. The molecule has 3 rings (SSSR count). The number of hydrogen-bond donors (Lipinski definition) is 0. The summed E-state index contributed by atoms with van der Waals surface area (Å²) in [7, 11) is 1.47. The minimum absolute atomic E-state index is 0.220. The SMILES string of the molecule is C#CCn1c(=NC(=O)c2cc(Cl)ccc2OC)sc2cc(C(=O)OCC)ccc21. The van der Waals surface area contributed by atoms with Crippen LogP contribution in [0.2, 0.25) is 5.02 Å². The Hall–Kier alpha value is -3.08. The van der Waals surface area contributed by atoms with Crippen molar-refractivity contribution in [1.29, 1.82) is 0 Å². The molecule has 1 heterocycles. The number of benzene rings is 2. The van der Waals surface area contributed by atoms with Crippen molar-refractivity contribution in [1.82, 2.24) is 4.57 Å². The number of methoxy groups -OCH3 is 1. The van der Waals surface area contributed by atoms with Gasteiger partial charge in [-0.15, -0.1) is 6.42 Å². The van der Waals surface area contributed by atoms with E-state index in [9.17, 15) is 9.59 Å². The van der Waals surface area contributed by atoms with Gasteiger partial charge in [-0.2, -0.15) is 4.99 Å². The molecule has 0 atom stereocenters. The highest BCUT2D eigenvalue weighted by atomic mass is 35.5. The van der Waals surface area contributed by atoms with Crippen LogP contribution in [-0.2, 0) is 11.3 Å². The summed E-state index contributed by atoms with van der Waals surface area (Å²) in [6, 6.07) is 9.87. The van der Waals surface area contributed by atoms with E-state index < -0.39 is 11.9 Å². The topological polar surface area (TPSA) is 69.9 Å². The summed E-state index contributed by atoms with van der Waals surface area (Å²) in [6.07, 6.45) is 5.50. The van der Waals surface area contributed by atoms with Gasteiger partial charge in [-0.1, -0.05) is 28.9 Å². The summed E-state index contributed by atoms with van der Waals surface area (Å²) in [4.78, 5) is 29.5. The largest absolute Gasteiger partial charge is 0.496 e. The zero-order chi connectivity index (χ0) is 21.0. The number of ether oxygens (including phenoxy) is 2. The van der Waals surface area contributed by atoms with Crippen molar-refractivity contribution < 1.29 is 19.1 Å². The van der Waals surface area contributed by atoms with Crippen LogP contribution >= 0.6 is 22.9 Å². The molecule has 0 aliphatic heterocycles. The minimum Gasteiger partial charge on any atom is -0.496 e. The smallest absolute Gasteiger partial charge is 0.338 e. The fourth-order valence-electron chi connectivity index (χ4n) is 2.74. The molecule has 1 amide bonds. The summed E-state index contributed by atoms with van der Waals surface area (Å²) in [5, 5.41) is 0.399. The Morgan fingerprint density at radius 2 is 2.07 bits per heavy atom. The normalized spacial score (nSPS) is 11.3. The predicted octanol–water partition coefficient (Wildman–Crippen LogP) is 3.92. The van der Waals surface area contributed by atoms with Gasteiger partial charge in [0.05, 0.1) is 41.6 Å². The molecular weight excluding hydrogens is 412 g/mol. The van der Waals surface area contributed by atoms with Crippen LogP contribution in [0.15, 0.2) is 41.4 Å². The van der Waals surface area contributed by atoms with Crippen molar-refractivity contribution in [3.8, 4) is 18.1 Å². The number of nitrogens with zero attached hydrogens (tertiary/aromatic N) is 2. The highest BCUT2D eigenvalue weighted by Gasteiger charge is 2.15. The van der Waals surface area contributed by atoms with Gasteiger partial charge in [-0.3, -0.25) is 4.79 Å². The summed E-state index contributed by atoms with van der Waals surface area (Å²) >= 11 is 7.27. The molecule has 0 unspecified atom stereocenters. The minimum atomic E-state index is -0.507. The van der Waals surface area contributed by atoms with E-state index in [1.54, 1.807) is 41.8 Å². The van der Waals surface area contributed by atoms with Crippen LogP contribution in [0.3, 0.4) is 0 Å². The first-order valence-corrected chi connectivity index (χ1v) is 9.84. The summed E-state index contributed by atoms with van der Waals surface area (Å²) < 4.78 is 12.8. The molecule has 1 aromatic heterocycles. The van der Waals surface area contributed by atoms with Crippen LogP contribution in [0.5, 0.6) is 5.75 Å². The standard InChI is InChI=1S/C21H17ClN2O4S/c1-4-10-24-16-8-6-13(20(26)28-5-2)11-18(16)29-21(24)23-19(25)15-12-14(22)7-9-17(15)27-3/h1,6-9,11-12H,5,10H2,2-3H3. The van der Waals surface area contributed by atoms with E-state index in [4.69, 9.17) is 27.5 Å². The van der Waals surface area contributed by atoms with Crippen LogP contribution in [0.1, 0.15) is 27.6 Å². The fourth-order valence-corrected chi connectivity index (χ4v) is 3.98. The molecule has 0 spiro atoms. The second-order valence-electron chi connectivity index (χ2n) is 5.84. The monoisotopic (exact) mass is 428 g/mol. The highest BCUT2D eigenvalue weighted by molar-refractivity contribution is 7.16. The maximum absolute atomic E-state index is 12.8. The zero-order valence-electron chi connectivity index (χ0n) is 15.8. The Morgan fingerprint density at radius 3 is 2.76 bits per heavy atom. The maximum atomic E-state index is 12.8. The van der Waals surface area contributed by atoms with Gasteiger partial charge >= 0.3 is 5.97 Å². The molecule has 0 N–H and O–H groups in total. The maximum Gasteiger partial charge on any atom is 0.338 e. The third-order valence-corrected chi connectivity index (χ3v) is 5.31. The molecule has 0 aliphatic rings. The summed E-state index contributed by atoms with van der Waals surface area (Å²) in [5.41, 5.74) is 1.44. The van der Waals surface area contributed by atoms with Gasteiger partial charge in [0.2, 0.25) is 0 Å². The molecule has 0 bridgehead atoms. The number of fused-ring (bicyclic) bond motifs is 1. The molecule has 8 heteroatoms. The number of rotatable bonds is 5. The Bertz CT molecular complexity index is 1200. The summed E-state index contributed by atoms with van der Waals surface area (Å²) in [5.74, 6) is 2.02. The van der Waals surface area contributed by atoms with Gasteiger partial charge in [0.1, 0.15) is 5.75 Å². The van der Waals surface area contributed by atoms with Gasteiger partial charge in [0.25, 0.3) is 5.91 Å². The molecule has 0 aliphatic carbocycles. The first kappa shape index (κ1) is 20.6. The van der Waals surface area contributed by atoms with Gasteiger partial charge < -0.3 is 14.0 Å². The van der Waals surface area contributed by atoms with Crippen molar-refractivity contribution in [3.05, 3.63) is 57.3 Å². The molecule has 0 radical (unpaired) electrons. The first-order valence-electron chi connectivity index (χ1n) is 8.65. The average molecular weight is 429 g/mol. The van der Waals surface area contributed by atoms with E-state index in [0.717, 1.165) is 10.2 Å². The van der Waals surface area contributed by atoms with E-state index in [1.807, 2.05) is 0 Å². The highest BCUT2D eigenvalue weighted by Crippen LogP contribution is 2.24. The quantitative estimate of drug-likeness (QED) is 0.456. The second-order valence-corrected chi connectivity index (χ2v) is 7.28. The molecule has 0 fully saturated rings. The van der Waals surface area contributed by atoms with Crippen LogP contribution in [0.4, 0.5) is 0 Å². The van der Waals surface area contributed by atoms with Crippen molar-refractivity contribution >= 4 is 45.0 Å². The molecule has 0 saturated carbocycles. The molecule has 29 heavy (non-hydrogen) atoms. The number of carbonyl (C=O) groups excluding carboxylic acids is 2. The lowest BCUT2D eigenvalue weighted by atomic mass is 10.2. The number of terminal acetylenes is 1. The van der Waals surface area contributed by atoms with Gasteiger partial charge in [-0.05, 0) is 43.3 Å². The number of amides is 1. The van der Waals surface area contributed by atoms with Gasteiger partial charge in [0.15, 0.2) is 4.80 Å². The van der Waals surface area contributed by atoms with Crippen molar-refractivity contribution in [2.75, 3.05) is 13.7 Å². The van der Waals surface area contributed by atoms with E-state index in [0.29, 0.717) is 21.1 Å². The van der Waals surface area contributed by atoms with Gasteiger partial charge in [0, 0.05) is 5.02 Å². The van der Waals surface area contributed by atoms with E-state index in [1.165, 1.54) is 24.5 Å². The van der Waals surface area contributed by atoms with Crippen LogP contribution in [0.25, 0.3) is 10.2 Å². The Balaban J connectivity index is 2.14. The summed E-state index contributed by atoms with van der Waals surface area (Å²) in [6.45, 7) is 2.25. The predicted molar refractivity (Wildman–Crippen MR) is 113 cm³/mol. The molecule has 2 aromatic carbocycles. The van der Waals surface area contributed by atoms with Gasteiger partial charge in [-0.25, -0.2) is 4.79 Å². The Labute approximate surface area is 176 Å². The molecular formula is C21H17ClN2O4S. The lowest BCUT2D eigenvalue weighted by Gasteiger charge is -2.05. The molecule has 3 aromatic rings. The molecule has 0 saturated heterocycles. The van der Waals surface area contributed by atoms with Crippen LogP contribution in [0, 0.1) is 12.3 Å². The Kier molecular flexibility index (Phi) is 6.37. The number of aromatic nitrogens is 1. The zero-order valence-corrected chi connectivity index (χ0v) is 17.3.